The van der Waals surface area contributed by atoms with Crippen molar-refractivity contribution in [1.82, 2.24) is 5.43 Å². The van der Waals surface area contributed by atoms with Gasteiger partial charge >= 0.3 is 0 Å². The number of halogens is 2. The van der Waals surface area contributed by atoms with Crippen molar-refractivity contribution in [2.75, 3.05) is 6.61 Å². The van der Waals surface area contributed by atoms with Crippen molar-refractivity contribution < 1.29 is 23.0 Å². The highest BCUT2D eigenvalue weighted by molar-refractivity contribution is 5.83. The van der Waals surface area contributed by atoms with Gasteiger partial charge in [-0.05, 0) is 47.5 Å². The molecule has 148 valence electrons. The van der Waals surface area contributed by atoms with E-state index >= 15 is 0 Å². The van der Waals surface area contributed by atoms with Crippen LogP contribution in [0, 0.1) is 11.6 Å². The van der Waals surface area contributed by atoms with Gasteiger partial charge in [-0.2, -0.15) is 5.10 Å². The van der Waals surface area contributed by atoms with Gasteiger partial charge in [0.05, 0.1) is 6.21 Å². The average molecular weight is 396 g/mol. The highest BCUT2D eigenvalue weighted by Gasteiger charge is 2.07. The van der Waals surface area contributed by atoms with Crippen molar-refractivity contribution in [3.8, 4) is 11.5 Å². The summed E-state index contributed by atoms with van der Waals surface area (Å²) < 4.78 is 36.9. The van der Waals surface area contributed by atoms with E-state index in [9.17, 15) is 13.6 Å². The number of hydrogen-bond donors (Lipinski definition) is 1. The maximum Gasteiger partial charge on any atom is 0.277 e. The predicted molar refractivity (Wildman–Crippen MR) is 105 cm³/mol. The predicted octanol–water partition coefficient (Wildman–Crippen LogP) is 4.07. The Labute approximate surface area is 166 Å². The van der Waals surface area contributed by atoms with Crippen molar-refractivity contribution in [3.05, 3.63) is 95.6 Å². The Bertz CT molecular complexity index is 977. The summed E-state index contributed by atoms with van der Waals surface area (Å²) in [5.74, 6) is -1.68. The smallest absolute Gasteiger partial charge is 0.277 e. The van der Waals surface area contributed by atoms with Crippen LogP contribution in [0.15, 0.2) is 77.9 Å². The molecular formula is C22H18F2N2O3. The van der Waals surface area contributed by atoms with Crippen LogP contribution in [0.1, 0.15) is 11.1 Å². The lowest BCUT2D eigenvalue weighted by atomic mass is 10.2. The molecule has 0 aromatic heterocycles. The molecule has 0 radical (unpaired) electrons. The first-order valence-corrected chi connectivity index (χ1v) is 8.77. The van der Waals surface area contributed by atoms with Gasteiger partial charge in [0, 0.05) is 6.07 Å². The second kappa shape index (κ2) is 9.98. The Morgan fingerprint density at radius 2 is 1.72 bits per heavy atom. The van der Waals surface area contributed by atoms with Gasteiger partial charge < -0.3 is 9.47 Å². The second-order valence-electron chi connectivity index (χ2n) is 6.00. The number of benzene rings is 3. The first kappa shape index (κ1) is 20.0. The third-order valence-electron chi connectivity index (χ3n) is 3.78. The molecule has 29 heavy (non-hydrogen) atoms. The van der Waals surface area contributed by atoms with E-state index in [1.165, 1.54) is 6.21 Å². The van der Waals surface area contributed by atoms with Crippen LogP contribution in [0.3, 0.4) is 0 Å². The summed E-state index contributed by atoms with van der Waals surface area (Å²) >= 11 is 0. The van der Waals surface area contributed by atoms with Crippen LogP contribution in [-0.4, -0.2) is 18.7 Å². The molecule has 0 aliphatic rings. The molecule has 0 bridgehead atoms. The van der Waals surface area contributed by atoms with Crippen molar-refractivity contribution in [3.63, 3.8) is 0 Å². The van der Waals surface area contributed by atoms with Gasteiger partial charge in [-0.1, -0.05) is 30.3 Å². The molecule has 1 amide bonds. The summed E-state index contributed by atoms with van der Waals surface area (Å²) in [4.78, 5) is 11.7. The van der Waals surface area contributed by atoms with Crippen LogP contribution in [0.4, 0.5) is 8.78 Å². The van der Waals surface area contributed by atoms with E-state index in [1.54, 1.807) is 24.3 Å². The van der Waals surface area contributed by atoms with Gasteiger partial charge in [-0.3, -0.25) is 4.79 Å². The molecule has 0 spiro atoms. The van der Waals surface area contributed by atoms with E-state index in [2.05, 4.69) is 10.5 Å². The van der Waals surface area contributed by atoms with Crippen molar-refractivity contribution >= 4 is 12.1 Å². The molecule has 0 unspecified atom stereocenters. The number of rotatable bonds is 8. The number of carbonyl (C=O) groups excluding carboxylic acids is 1. The summed E-state index contributed by atoms with van der Waals surface area (Å²) in [6, 6.07) is 19.8. The number of nitrogens with one attached hydrogen (secondary N) is 1. The van der Waals surface area contributed by atoms with Crippen molar-refractivity contribution in [1.29, 1.82) is 0 Å². The highest BCUT2D eigenvalue weighted by Crippen LogP contribution is 2.17. The lowest BCUT2D eigenvalue weighted by Crippen LogP contribution is -2.24. The lowest BCUT2D eigenvalue weighted by molar-refractivity contribution is -0.123. The van der Waals surface area contributed by atoms with Crippen LogP contribution in [0.25, 0.3) is 0 Å². The SMILES string of the molecule is O=C(COc1ccc(F)cc1F)NN=Cc1ccc(OCc2ccccc2)cc1. The minimum atomic E-state index is -0.879. The quantitative estimate of drug-likeness (QED) is 0.461. The minimum Gasteiger partial charge on any atom is -0.489 e. The summed E-state index contributed by atoms with van der Waals surface area (Å²) in [6.45, 7) is 0.0190. The lowest BCUT2D eigenvalue weighted by Gasteiger charge is -2.06. The summed E-state index contributed by atoms with van der Waals surface area (Å²) in [5.41, 5.74) is 4.10. The van der Waals surface area contributed by atoms with Crippen molar-refractivity contribution in [2.24, 2.45) is 5.10 Å². The number of ether oxygens (including phenoxy) is 2. The second-order valence-corrected chi connectivity index (χ2v) is 6.00. The molecule has 3 aromatic carbocycles. The Balaban J connectivity index is 1.43. The fourth-order valence-electron chi connectivity index (χ4n) is 2.34. The van der Waals surface area contributed by atoms with Gasteiger partial charge in [0.1, 0.15) is 18.2 Å². The standard InChI is InChI=1S/C22H18F2N2O3/c23-18-8-11-21(20(24)12-18)29-15-22(27)26-25-13-16-6-9-19(10-7-16)28-14-17-4-2-1-3-5-17/h1-13H,14-15H2,(H,26,27). The summed E-state index contributed by atoms with van der Waals surface area (Å²) in [6.07, 6.45) is 1.46. The molecule has 3 aromatic rings. The molecule has 0 fully saturated rings. The van der Waals surface area contributed by atoms with Crippen molar-refractivity contribution in [2.45, 2.75) is 6.61 Å². The van der Waals surface area contributed by atoms with Crippen LogP contribution >= 0.6 is 0 Å². The van der Waals surface area contributed by atoms with Gasteiger partial charge in [-0.25, -0.2) is 14.2 Å². The zero-order valence-corrected chi connectivity index (χ0v) is 15.3. The van der Waals surface area contributed by atoms with Crippen LogP contribution in [0.5, 0.6) is 11.5 Å². The molecule has 7 heteroatoms. The fraction of sp³-hybridized carbons (Fsp3) is 0.0909. The van der Waals surface area contributed by atoms with Crippen LogP contribution in [0.2, 0.25) is 0 Å². The first-order valence-electron chi connectivity index (χ1n) is 8.77. The number of hydrogen-bond acceptors (Lipinski definition) is 4. The zero-order valence-electron chi connectivity index (χ0n) is 15.3. The molecule has 0 saturated heterocycles. The van der Waals surface area contributed by atoms with E-state index in [4.69, 9.17) is 9.47 Å². The molecule has 0 heterocycles. The number of nitrogens with zero attached hydrogens (tertiary/aromatic N) is 1. The van der Waals surface area contributed by atoms with Crippen LogP contribution in [-0.2, 0) is 11.4 Å². The van der Waals surface area contributed by atoms with E-state index in [-0.39, 0.29) is 5.75 Å². The zero-order chi connectivity index (χ0) is 20.5. The number of hydrazone groups is 1. The van der Waals surface area contributed by atoms with Gasteiger partial charge in [0.15, 0.2) is 18.2 Å². The number of carbonyl (C=O) groups is 1. The van der Waals surface area contributed by atoms with E-state index in [0.717, 1.165) is 23.3 Å². The van der Waals surface area contributed by atoms with Crippen LogP contribution < -0.4 is 14.9 Å². The summed E-state index contributed by atoms with van der Waals surface area (Å²) in [7, 11) is 0. The molecule has 0 atom stereocenters. The molecular weight excluding hydrogens is 378 g/mol. The Hall–Kier alpha value is -3.74. The summed E-state index contributed by atoms with van der Waals surface area (Å²) in [5, 5.41) is 3.81. The van der Waals surface area contributed by atoms with Gasteiger partial charge in [0.2, 0.25) is 0 Å². The van der Waals surface area contributed by atoms with E-state index in [1.807, 2.05) is 30.3 Å². The molecule has 0 aliphatic carbocycles. The first-order chi connectivity index (χ1) is 14.1. The average Bonchev–Trinajstić information content (AvgIpc) is 2.73. The minimum absolute atomic E-state index is 0.211. The number of amides is 1. The fourth-order valence-corrected chi connectivity index (χ4v) is 2.34. The third kappa shape index (κ3) is 6.42. The largest absolute Gasteiger partial charge is 0.489 e. The van der Waals surface area contributed by atoms with Gasteiger partial charge in [-0.15, -0.1) is 0 Å². The monoisotopic (exact) mass is 396 g/mol. The molecule has 1 N–H and O–H groups in total. The molecule has 0 saturated carbocycles. The topological polar surface area (TPSA) is 59.9 Å². The van der Waals surface area contributed by atoms with Gasteiger partial charge in [0.25, 0.3) is 5.91 Å². The third-order valence-corrected chi connectivity index (χ3v) is 3.78. The highest BCUT2D eigenvalue weighted by atomic mass is 19.1. The normalized spacial score (nSPS) is 10.7. The Morgan fingerprint density at radius 1 is 0.966 bits per heavy atom. The maximum atomic E-state index is 13.4. The molecule has 0 aliphatic heterocycles. The van der Waals surface area contributed by atoms with E-state index < -0.39 is 24.1 Å². The Morgan fingerprint density at radius 3 is 2.45 bits per heavy atom. The van der Waals surface area contributed by atoms with E-state index in [0.29, 0.717) is 18.4 Å². The Kier molecular flexibility index (Phi) is 6.89. The molecule has 5 nitrogen and oxygen atoms in total. The molecule has 3 rings (SSSR count). The maximum absolute atomic E-state index is 13.4.